The molecule has 0 aliphatic carbocycles. The number of nitrogens with zero attached hydrogens (tertiary/aromatic N) is 5. The minimum absolute atomic E-state index is 0.480. The van der Waals surface area contributed by atoms with E-state index in [2.05, 4.69) is 33.3 Å². The maximum absolute atomic E-state index is 5.35. The van der Waals surface area contributed by atoms with Gasteiger partial charge < -0.3 is 9.26 Å². The average Bonchev–Trinajstić information content (AvgIpc) is 3.21. The number of likely N-dealkylation sites (tertiary alicyclic amines) is 1. The van der Waals surface area contributed by atoms with Gasteiger partial charge in [-0.2, -0.15) is 10.1 Å². The first-order valence-corrected chi connectivity index (χ1v) is 7.78. The lowest BCUT2D eigenvalue weighted by molar-refractivity contribution is 0.191. The lowest BCUT2D eigenvalue weighted by Crippen LogP contribution is -2.32. The van der Waals surface area contributed by atoms with Gasteiger partial charge in [-0.1, -0.05) is 5.16 Å². The number of hydrogen-bond donors (Lipinski definition) is 0. The van der Waals surface area contributed by atoms with E-state index in [1.54, 1.807) is 7.11 Å². The van der Waals surface area contributed by atoms with Crippen molar-refractivity contribution in [3.8, 4) is 0 Å². The molecule has 22 heavy (non-hydrogen) atoms. The third kappa shape index (κ3) is 3.72. The van der Waals surface area contributed by atoms with Crippen LogP contribution in [0.3, 0.4) is 0 Å². The Hall–Kier alpha value is -1.73. The monoisotopic (exact) mass is 305 g/mol. The topological polar surface area (TPSA) is 69.2 Å². The van der Waals surface area contributed by atoms with Gasteiger partial charge in [-0.3, -0.25) is 9.58 Å². The van der Waals surface area contributed by atoms with Crippen molar-refractivity contribution in [2.45, 2.75) is 45.3 Å². The number of hydrogen-bond acceptors (Lipinski definition) is 6. The van der Waals surface area contributed by atoms with Gasteiger partial charge in [0.05, 0.1) is 25.9 Å². The number of methoxy groups -OCH3 is 1. The van der Waals surface area contributed by atoms with Gasteiger partial charge >= 0.3 is 0 Å². The second kappa shape index (κ2) is 7.02. The lowest BCUT2D eigenvalue weighted by atomic mass is 10.2. The first kappa shape index (κ1) is 15.2. The third-order valence-corrected chi connectivity index (χ3v) is 4.04. The molecule has 1 aliphatic rings. The first-order chi connectivity index (χ1) is 10.7. The predicted molar refractivity (Wildman–Crippen MR) is 80.3 cm³/mol. The summed E-state index contributed by atoms with van der Waals surface area (Å²) in [7, 11) is 1.67. The van der Waals surface area contributed by atoms with Crippen LogP contribution in [0.15, 0.2) is 16.9 Å². The van der Waals surface area contributed by atoms with Crippen molar-refractivity contribution in [3.05, 3.63) is 29.7 Å². The largest absolute Gasteiger partial charge is 0.384 e. The van der Waals surface area contributed by atoms with Crippen LogP contribution in [0, 0.1) is 6.92 Å². The molecule has 7 heteroatoms. The SMILES string of the molecule is COCCc1noc(CN2CCCC2Cn2cc(C)cn2)n1. The van der Waals surface area contributed by atoms with Crippen LogP contribution in [0.4, 0.5) is 0 Å². The Kier molecular flexibility index (Phi) is 4.84. The Labute approximate surface area is 130 Å². The molecule has 1 saturated heterocycles. The summed E-state index contributed by atoms with van der Waals surface area (Å²) in [5.74, 6) is 1.41. The zero-order valence-corrected chi connectivity index (χ0v) is 13.2. The fraction of sp³-hybridized carbons (Fsp3) is 0.667. The van der Waals surface area contributed by atoms with E-state index in [-0.39, 0.29) is 0 Å². The van der Waals surface area contributed by atoms with Crippen molar-refractivity contribution in [1.82, 2.24) is 24.8 Å². The first-order valence-electron chi connectivity index (χ1n) is 7.78. The highest BCUT2D eigenvalue weighted by molar-refractivity contribution is 5.00. The fourth-order valence-electron chi connectivity index (χ4n) is 2.92. The Morgan fingerprint density at radius 1 is 1.45 bits per heavy atom. The Morgan fingerprint density at radius 2 is 2.36 bits per heavy atom. The van der Waals surface area contributed by atoms with Gasteiger partial charge in [0.15, 0.2) is 5.82 Å². The zero-order valence-electron chi connectivity index (χ0n) is 13.2. The lowest BCUT2D eigenvalue weighted by Gasteiger charge is -2.22. The van der Waals surface area contributed by atoms with Crippen LogP contribution in [-0.4, -0.2) is 51.1 Å². The summed E-state index contributed by atoms with van der Waals surface area (Å²) in [5.41, 5.74) is 1.20. The van der Waals surface area contributed by atoms with E-state index in [0.29, 0.717) is 31.5 Å². The standard InChI is InChI=1S/C15H23N5O2/c1-12-8-16-20(9-12)10-13-4-3-6-19(13)11-15-17-14(18-22-15)5-7-21-2/h8-9,13H,3-7,10-11H2,1-2H3. The summed E-state index contributed by atoms with van der Waals surface area (Å²) in [6, 6.07) is 0.480. The number of rotatable bonds is 7. The average molecular weight is 305 g/mol. The molecule has 3 rings (SSSR count). The zero-order chi connectivity index (χ0) is 15.4. The molecular weight excluding hydrogens is 282 g/mol. The van der Waals surface area contributed by atoms with Crippen molar-refractivity contribution in [2.24, 2.45) is 0 Å². The molecule has 0 saturated carbocycles. The normalized spacial score (nSPS) is 19.1. The van der Waals surface area contributed by atoms with E-state index in [4.69, 9.17) is 9.26 Å². The highest BCUT2D eigenvalue weighted by atomic mass is 16.5. The molecule has 2 aromatic heterocycles. The van der Waals surface area contributed by atoms with Gasteiger partial charge in [0.25, 0.3) is 0 Å². The smallest absolute Gasteiger partial charge is 0.240 e. The summed E-state index contributed by atoms with van der Waals surface area (Å²) < 4.78 is 12.4. The van der Waals surface area contributed by atoms with Crippen LogP contribution in [0.5, 0.6) is 0 Å². The van der Waals surface area contributed by atoms with E-state index in [9.17, 15) is 0 Å². The van der Waals surface area contributed by atoms with Crippen LogP contribution in [0.25, 0.3) is 0 Å². The number of aryl methyl sites for hydroxylation is 1. The molecule has 7 nitrogen and oxygen atoms in total. The molecule has 120 valence electrons. The predicted octanol–water partition coefficient (Wildman–Crippen LogP) is 1.43. The molecule has 3 heterocycles. The number of ether oxygens (including phenoxy) is 1. The van der Waals surface area contributed by atoms with Crippen LogP contribution in [-0.2, 0) is 24.2 Å². The molecule has 1 fully saturated rings. The molecule has 0 radical (unpaired) electrons. The molecule has 1 atom stereocenters. The van der Waals surface area contributed by atoms with E-state index < -0.39 is 0 Å². The van der Waals surface area contributed by atoms with E-state index >= 15 is 0 Å². The summed E-state index contributed by atoms with van der Waals surface area (Å²) in [4.78, 5) is 6.84. The molecule has 1 unspecified atom stereocenters. The van der Waals surface area contributed by atoms with Crippen LogP contribution in [0.1, 0.15) is 30.1 Å². The highest BCUT2D eigenvalue weighted by Crippen LogP contribution is 2.21. The molecular formula is C15H23N5O2. The summed E-state index contributed by atoms with van der Waals surface area (Å²) in [6.45, 7) is 5.38. The molecule has 0 aromatic carbocycles. The van der Waals surface area contributed by atoms with Gasteiger partial charge in [-0.25, -0.2) is 0 Å². The molecule has 0 amide bonds. The maximum Gasteiger partial charge on any atom is 0.240 e. The third-order valence-electron chi connectivity index (χ3n) is 4.04. The summed E-state index contributed by atoms with van der Waals surface area (Å²) in [6.07, 6.45) is 7.07. The molecule has 0 spiro atoms. The van der Waals surface area contributed by atoms with Crippen LogP contribution >= 0.6 is 0 Å². The Morgan fingerprint density at radius 3 is 3.14 bits per heavy atom. The summed E-state index contributed by atoms with van der Waals surface area (Å²) in [5, 5.41) is 8.38. The van der Waals surface area contributed by atoms with Crippen molar-refractivity contribution in [2.75, 3.05) is 20.3 Å². The highest BCUT2D eigenvalue weighted by Gasteiger charge is 2.26. The van der Waals surface area contributed by atoms with Crippen molar-refractivity contribution in [1.29, 1.82) is 0 Å². The van der Waals surface area contributed by atoms with Crippen molar-refractivity contribution < 1.29 is 9.26 Å². The van der Waals surface area contributed by atoms with Gasteiger partial charge in [0.1, 0.15) is 0 Å². The minimum atomic E-state index is 0.480. The Bertz CT molecular complexity index is 594. The van der Waals surface area contributed by atoms with E-state index in [0.717, 1.165) is 18.9 Å². The van der Waals surface area contributed by atoms with Crippen LogP contribution in [0.2, 0.25) is 0 Å². The van der Waals surface area contributed by atoms with Crippen LogP contribution < -0.4 is 0 Å². The second-order valence-electron chi connectivity index (χ2n) is 5.85. The van der Waals surface area contributed by atoms with Gasteiger partial charge in [-0.05, 0) is 31.9 Å². The summed E-state index contributed by atoms with van der Waals surface area (Å²) >= 11 is 0. The van der Waals surface area contributed by atoms with Crippen molar-refractivity contribution in [3.63, 3.8) is 0 Å². The fourth-order valence-corrected chi connectivity index (χ4v) is 2.92. The van der Waals surface area contributed by atoms with Gasteiger partial charge in [0, 0.05) is 25.8 Å². The molecule has 0 N–H and O–H groups in total. The molecule has 0 bridgehead atoms. The van der Waals surface area contributed by atoms with E-state index in [1.807, 2.05) is 10.9 Å². The molecule has 2 aromatic rings. The van der Waals surface area contributed by atoms with E-state index in [1.165, 1.54) is 18.4 Å². The Balaban J connectivity index is 1.57. The second-order valence-corrected chi connectivity index (χ2v) is 5.85. The van der Waals surface area contributed by atoms with Gasteiger partial charge in [-0.15, -0.1) is 0 Å². The minimum Gasteiger partial charge on any atom is -0.384 e. The quantitative estimate of drug-likeness (QED) is 0.771. The number of aromatic nitrogens is 4. The van der Waals surface area contributed by atoms with Gasteiger partial charge in [0.2, 0.25) is 5.89 Å². The molecule has 1 aliphatic heterocycles. The maximum atomic E-state index is 5.35. The van der Waals surface area contributed by atoms with Crippen molar-refractivity contribution >= 4 is 0 Å².